The highest BCUT2D eigenvalue weighted by atomic mass is 19.1. The zero-order valence-corrected chi connectivity index (χ0v) is 16.6. The Morgan fingerprint density at radius 3 is 2.68 bits per heavy atom. The number of carbonyl (C=O) groups is 1. The van der Waals surface area contributed by atoms with Crippen molar-refractivity contribution in [3.63, 3.8) is 0 Å². The van der Waals surface area contributed by atoms with Crippen LogP contribution in [0.4, 0.5) is 15.9 Å². The second-order valence-electron chi connectivity index (χ2n) is 6.97. The maximum atomic E-state index is 13.1. The highest BCUT2D eigenvalue weighted by molar-refractivity contribution is 5.94. The molecule has 156 valence electrons. The third kappa shape index (κ3) is 5.08. The van der Waals surface area contributed by atoms with Crippen LogP contribution in [0.3, 0.4) is 0 Å². The number of phenols is 1. The number of anilines is 2. The molecule has 0 spiro atoms. The number of nitrogens with zero attached hydrogens (tertiary/aromatic N) is 2. The first-order valence-corrected chi connectivity index (χ1v) is 9.80. The Kier molecular flexibility index (Phi) is 5.93. The predicted molar refractivity (Wildman–Crippen MR) is 117 cm³/mol. The number of halogens is 1. The zero-order valence-electron chi connectivity index (χ0n) is 16.6. The van der Waals surface area contributed by atoms with Gasteiger partial charge in [0.15, 0.2) is 0 Å². The lowest BCUT2D eigenvalue weighted by Crippen LogP contribution is -2.25. The molecule has 0 aliphatic rings. The van der Waals surface area contributed by atoms with Gasteiger partial charge in [0.2, 0.25) is 0 Å². The van der Waals surface area contributed by atoms with Crippen molar-refractivity contribution in [3.05, 3.63) is 102 Å². The fourth-order valence-corrected chi connectivity index (χ4v) is 3.16. The number of rotatable bonds is 7. The van der Waals surface area contributed by atoms with Gasteiger partial charge in [0.1, 0.15) is 17.4 Å². The molecule has 7 heteroatoms. The molecular formula is C24H21FN4O2. The Bertz CT molecular complexity index is 1190. The summed E-state index contributed by atoms with van der Waals surface area (Å²) in [5.41, 5.74) is 2.87. The molecule has 6 nitrogen and oxygen atoms in total. The number of aromatic nitrogens is 2. The van der Waals surface area contributed by atoms with Crippen LogP contribution in [0.1, 0.15) is 15.9 Å². The van der Waals surface area contributed by atoms with Crippen molar-refractivity contribution in [1.29, 1.82) is 0 Å². The van der Waals surface area contributed by atoms with Crippen LogP contribution in [0.25, 0.3) is 5.69 Å². The van der Waals surface area contributed by atoms with Crippen LogP contribution >= 0.6 is 0 Å². The first-order valence-electron chi connectivity index (χ1n) is 9.80. The van der Waals surface area contributed by atoms with Crippen LogP contribution < -0.4 is 10.6 Å². The lowest BCUT2D eigenvalue weighted by Gasteiger charge is -2.08. The number of pyridine rings is 1. The average molecular weight is 416 g/mol. The number of carbonyl (C=O) groups excluding carboxylic acids is 1. The lowest BCUT2D eigenvalue weighted by molar-refractivity contribution is 0.0954. The van der Waals surface area contributed by atoms with Crippen LogP contribution in [-0.4, -0.2) is 27.1 Å². The molecule has 31 heavy (non-hydrogen) atoms. The third-order valence-electron chi connectivity index (χ3n) is 4.78. The average Bonchev–Trinajstić information content (AvgIpc) is 3.27. The first-order chi connectivity index (χ1) is 15.1. The monoisotopic (exact) mass is 416 g/mol. The largest absolute Gasteiger partial charge is 0.508 e. The van der Waals surface area contributed by atoms with E-state index in [0.29, 0.717) is 24.3 Å². The van der Waals surface area contributed by atoms with E-state index in [-0.39, 0.29) is 17.5 Å². The van der Waals surface area contributed by atoms with Gasteiger partial charge < -0.3 is 20.3 Å². The summed E-state index contributed by atoms with van der Waals surface area (Å²) in [6, 6.07) is 18.5. The quantitative estimate of drug-likeness (QED) is 0.416. The molecule has 0 radical (unpaired) electrons. The number of para-hydroxylation sites is 1. The van der Waals surface area contributed by atoms with Gasteiger partial charge in [-0.2, -0.15) is 0 Å². The molecule has 0 aliphatic carbocycles. The maximum Gasteiger partial charge on any atom is 0.252 e. The topological polar surface area (TPSA) is 79.2 Å². The maximum absolute atomic E-state index is 13.1. The van der Waals surface area contributed by atoms with E-state index in [1.165, 1.54) is 12.1 Å². The first kappa shape index (κ1) is 20.2. The van der Waals surface area contributed by atoms with Crippen molar-refractivity contribution in [2.75, 3.05) is 11.9 Å². The fourth-order valence-electron chi connectivity index (χ4n) is 3.16. The second-order valence-corrected chi connectivity index (χ2v) is 6.97. The van der Waals surface area contributed by atoms with E-state index < -0.39 is 0 Å². The number of nitrogens with one attached hydrogen (secondary N) is 2. The molecule has 1 amide bonds. The summed E-state index contributed by atoms with van der Waals surface area (Å²) in [5.74, 6) is 0.344. The number of amides is 1. The van der Waals surface area contributed by atoms with E-state index in [1.807, 2.05) is 28.8 Å². The van der Waals surface area contributed by atoms with Crippen LogP contribution in [0.15, 0.2) is 85.3 Å². The van der Waals surface area contributed by atoms with Crippen molar-refractivity contribution in [1.82, 2.24) is 14.9 Å². The summed E-state index contributed by atoms with van der Waals surface area (Å²) in [4.78, 5) is 16.7. The number of aromatic hydroxyl groups is 1. The highest BCUT2D eigenvalue weighted by Gasteiger charge is 2.09. The molecule has 2 aromatic carbocycles. The molecule has 2 aromatic heterocycles. The standard InChI is InChI=1S/C24H21FN4O2/c25-19-5-7-20(8-6-19)28-23-15-21(10-13-26-23)29-14-11-18(16-29)24(31)27-12-9-17-3-1-2-4-22(17)30/h1-8,10-11,13-16,30H,9,12H2,(H,26,28)(H,27,31). The van der Waals surface area contributed by atoms with Crippen LogP contribution in [0.2, 0.25) is 0 Å². The van der Waals surface area contributed by atoms with Gasteiger partial charge in [-0.25, -0.2) is 9.37 Å². The molecule has 0 saturated heterocycles. The molecule has 2 heterocycles. The molecular weight excluding hydrogens is 395 g/mol. The molecule has 3 N–H and O–H groups in total. The zero-order chi connectivity index (χ0) is 21.6. The van der Waals surface area contributed by atoms with Crippen molar-refractivity contribution in [2.24, 2.45) is 0 Å². The molecule has 0 saturated carbocycles. The number of hydrogen-bond acceptors (Lipinski definition) is 4. The van der Waals surface area contributed by atoms with Gasteiger partial charge in [-0.3, -0.25) is 4.79 Å². The smallest absolute Gasteiger partial charge is 0.252 e. The normalized spacial score (nSPS) is 10.6. The summed E-state index contributed by atoms with van der Waals surface area (Å²) in [6.45, 7) is 0.419. The molecule has 4 rings (SSSR count). The Balaban J connectivity index is 1.39. The van der Waals surface area contributed by atoms with Crippen LogP contribution in [0.5, 0.6) is 5.75 Å². The van der Waals surface area contributed by atoms with Gasteiger partial charge in [-0.15, -0.1) is 0 Å². The second kappa shape index (κ2) is 9.13. The molecule has 4 aromatic rings. The van der Waals surface area contributed by atoms with E-state index in [2.05, 4.69) is 15.6 Å². The van der Waals surface area contributed by atoms with Crippen molar-refractivity contribution < 1.29 is 14.3 Å². The Morgan fingerprint density at radius 2 is 1.87 bits per heavy atom. The minimum atomic E-state index is -0.300. The number of hydrogen-bond donors (Lipinski definition) is 3. The summed E-state index contributed by atoms with van der Waals surface area (Å²) >= 11 is 0. The fraction of sp³-hybridized carbons (Fsp3) is 0.0833. The van der Waals surface area contributed by atoms with Crippen molar-refractivity contribution in [3.8, 4) is 11.4 Å². The van der Waals surface area contributed by atoms with E-state index in [9.17, 15) is 14.3 Å². The third-order valence-corrected chi connectivity index (χ3v) is 4.78. The molecule has 0 aliphatic heterocycles. The van der Waals surface area contributed by atoms with Crippen molar-refractivity contribution in [2.45, 2.75) is 6.42 Å². The van der Waals surface area contributed by atoms with Gasteiger partial charge >= 0.3 is 0 Å². The van der Waals surface area contributed by atoms with E-state index >= 15 is 0 Å². The summed E-state index contributed by atoms with van der Waals surface area (Å²) in [5, 5.41) is 15.8. The summed E-state index contributed by atoms with van der Waals surface area (Å²) < 4.78 is 14.9. The van der Waals surface area contributed by atoms with Crippen LogP contribution in [-0.2, 0) is 6.42 Å². The van der Waals surface area contributed by atoms with Gasteiger partial charge in [0.25, 0.3) is 5.91 Å². The SMILES string of the molecule is O=C(NCCc1ccccc1O)c1ccn(-c2ccnc(Nc3ccc(F)cc3)c2)c1. The Morgan fingerprint density at radius 1 is 1.06 bits per heavy atom. The minimum Gasteiger partial charge on any atom is -0.508 e. The van der Waals surface area contributed by atoms with Gasteiger partial charge in [-0.1, -0.05) is 18.2 Å². The van der Waals surface area contributed by atoms with E-state index in [0.717, 1.165) is 16.9 Å². The molecule has 0 unspecified atom stereocenters. The minimum absolute atomic E-state index is 0.187. The van der Waals surface area contributed by atoms with Gasteiger partial charge in [0.05, 0.1) is 11.3 Å². The lowest BCUT2D eigenvalue weighted by atomic mass is 10.1. The van der Waals surface area contributed by atoms with Crippen molar-refractivity contribution >= 4 is 17.4 Å². The summed E-state index contributed by atoms with van der Waals surface area (Å²) in [6.07, 6.45) is 5.75. The molecule has 0 bridgehead atoms. The number of benzene rings is 2. The highest BCUT2D eigenvalue weighted by Crippen LogP contribution is 2.19. The van der Waals surface area contributed by atoms with E-state index in [4.69, 9.17) is 0 Å². The Labute approximate surface area is 179 Å². The molecule has 0 atom stereocenters. The van der Waals surface area contributed by atoms with E-state index in [1.54, 1.807) is 48.9 Å². The number of phenolic OH excluding ortho intramolecular Hbond substituents is 1. The predicted octanol–water partition coefficient (Wildman–Crippen LogP) is 4.43. The van der Waals surface area contributed by atoms with Gasteiger partial charge in [0, 0.05) is 36.9 Å². The Hall–Kier alpha value is -4.13. The van der Waals surface area contributed by atoms with Gasteiger partial charge in [-0.05, 0) is 54.4 Å². The van der Waals surface area contributed by atoms with Crippen LogP contribution in [0, 0.1) is 5.82 Å². The molecule has 0 fully saturated rings. The summed E-state index contributed by atoms with van der Waals surface area (Å²) in [7, 11) is 0.